The molecule has 1 aliphatic carbocycles. The molecular formula is C15H24N2S. The summed E-state index contributed by atoms with van der Waals surface area (Å²) in [7, 11) is 0. The van der Waals surface area contributed by atoms with Gasteiger partial charge in [0, 0.05) is 31.7 Å². The van der Waals surface area contributed by atoms with Crippen molar-refractivity contribution in [3.8, 4) is 0 Å². The Bertz CT molecular complexity index is 359. The zero-order chi connectivity index (χ0) is 12.4. The minimum atomic E-state index is 0.711. The number of hydrogen-bond donors (Lipinski definition) is 1. The van der Waals surface area contributed by atoms with E-state index in [1.54, 1.807) is 0 Å². The number of nitrogens with one attached hydrogen (secondary N) is 1. The van der Waals surface area contributed by atoms with Gasteiger partial charge in [0.2, 0.25) is 0 Å². The highest BCUT2D eigenvalue weighted by Gasteiger charge is 2.37. The van der Waals surface area contributed by atoms with Gasteiger partial charge in [0.1, 0.15) is 0 Å². The molecule has 1 aromatic heterocycles. The van der Waals surface area contributed by atoms with E-state index in [-0.39, 0.29) is 0 Å². The number of thiophene rings is 1. The fourth-order valence-electron chi connectivity index (χ4n) is 3.08. The van der Waals surface area contributed by atoms with Crippen molar-refractivity contribution in [3.63, 3.8) is 0 Å². The molecule has 1 aromatic rings. The molecule has 2 aliphatic rings. The quantitative estimate of drug-likeness (QED) is 0.880. The maximum absolute atomic E-state index is 3.72. The van der Waals surface area contributed by atoms with E-state index in [0.717, 1.165) is 12.0 Å². The van der Waals surface area contributed by atoms with Crippen LogP contribution in [0, 0.1) is 5.92 Å². The predicted octanol–water partition coefficient (Wildman–Crippen LogP) is 2.75. The summed E-state index contributed by atoms with van der Waals surface area (Å²) in [6.45, 7) is 6.01. The van der Waals surface area contributed by atoms with Crippen molar-refractivity contribution >= 4 is 11.3 Å². The summed E-state index contributed by atoms with van der Waals surface area (Å²) in [4.78, 5) is 2.76. The highest BCUT2D eigenvalue weighted by Crippen LogP contribution is 2.36. The first-order valence-electron chi connectivity index (χ1n) is 7.35. The summed E-state index contributed by atoms with van der Waals surface area (Å²) in [5.74, 6) is 0.984. The molecule has 2 nitrogen and oxygen atoms in total. The summed E-state index contributed by atoms with van der Waals surface area (Å²) in [6.07, 6.45) is 5.39. The first kappa shape index (κ1) is 12.6. The second kappa shape index (κ2) is 5.72. The number of hydrogen-bond acceptors (Lipinski definition) is 3. The number of rotatable bonds is 5. The van der Waals surface area contributed by atoms with Crippen LogP contribution in [0.15, 0.2) is 16.8 Å². The third-order valence-electron chi connectivity index (χ3n) is 4.47. The van der Waals surface area contributed by atoms with Gasteiger partial charge in [-0.2, -0.15) is 11.3 Å². The topological polar surface area (TPSA) is 15.3 Å². The van der Waals surface area contributed by atoms with Crippen LogP contribution in [0.2, 0.25) is 0 Å². The van der Waals surface area contributed by atoms with Crippen molar-refractivity contribution in [2.24, 2.45) is 5.92 Å². The van der Waals surface area contributed by atoms with E-state index >= 15 is 0 Å². The Labute approximate surface area is 114 Å². The molecule has 0 bridgehead atoms. The maximum Gasteiger partial charge on any atom is 0.0249 e. The van der Waals surface area contributed by atoms with E-state index in [0.29, 0.717) is 6.04 Å². The molecular weight excluding hydrogens is 240 g/mol. The molecule has 2 fully saturated rings. The smallest absolute Gasteiger partial charge is 0.0249 e. The van der Waals surface area contributed by atoms with Crippen LogP contribution in [0.25, 0.3) is 0 Å². The van der Waals surface area contributed by atoms with Gasteiger partial charge in [-0.15, -0.1) is 0 Å². The summed E-state index contributed by atoms with van der Waals surface area (Å²) in [5.41, 5.74) is 1.51. The van der Waals surface area contributed by atoms with Crippen molar-refractivity contribution < 1.29 is 0 Å². The molecule has 18 heavy (non-hydrogen) atoms. The van der Waals surface area contributed by atoms with Gasteiger partial charge in [-0.3, -0.25) is 4.90 Å². The van der Waals surface area contributed by atoms with Gasteiger partial charge in [0.15, 0.2) is 0 Å². The lowest BCUT2D eigenvalue weighted by atomic mass is 10.0. The Kier molecular flexibility index (Phi) is 4.02. The van der Waals surface area contributed by atoms with Crippen molar-refractivity contribution in [1.82, 2.24) is 10.2 Å². The molecule has 1 saturated heterocycles. The van der Waals surface area contributed by atoms with Crippen LogP contribution in [-0.4, -0.2) is 36.6 Å². The molecule has 0 aromatic carbocycles. The lowest BCUT2D eigenvalue weighted by Gasteiger charge is -2.40. The normalized spacial score (nSPS) is 29.6. The summed E-state index contributed by atoms with van der Waals surface area (Å²) < 4.78 is 0. The van der Waals surface area contributed by atoms with Crippen LogP contribution in [0.1, 0.15) is 31.7 Å². The molecule has 3 heteroatoms. The molecule has 1 aliphatic heterocycles. The summed E-state index contributed by atoms with van der Waals surface area (Å²) in [6, 6.07) is 3.80. The van der Waals surface area contributed by atoms with E-state index in [1.165, 1.54) is 50.9 Å². The lowest BCUT2D eigenvalue weighted by molar-refractivity contribution is 0.115. The van der Waals surface area contributed by atoms with E-state index in [9.17, 15) is 0 Å². The fourth-order valence-corrected chi connectivity index (χ4v) is 3.79. The van der Waals surface area contributed by atoms with Gasteiger partial charge >= 0.3 is 0 Å². The fraction of sp³-hybridized carbons (Fsp3) is 0.733. The highest BCUT2D eigenvalue weighted by molar-refractivity contribution is 7.07. The third-order valence-corrected chi connectivity index (χ3v) is 5.20. The van der Waals surface area contributed by atoms with Crippen molar-refractivity contribution in [2.45, 2.75) is 44.7 Å². The first-order chi connectivity index (χ1) is 8.86. The van der Waals surface area contributed by atoms with Gasteiger partial charge < -0.3 is 5.32 Å². The standard InChI is InChI=1S/C15H24N2S/c1-2-14-10-17(7-5-12-6-8-18-11-12)15(9-16-14)13-3-4-13/h6,8,11,13-16H,2-5,7,9-10H2,1H3. The Morgan fingerprint density at radius 1 is 1.44 bits per heavy atom. The third kappa shape index (κ3) is 2.95. The lowest BCUT2D eigenvalue weighted by Crippen LogP contribution is -2.57. The Morgan fingerprint density at radius 2 is 2.33 bits per heavy atom. The molecule has 2 heterocycles. The largest absolute Gasteiger partial charge is 0.311 e. The molecule has 1 saturated carbocycles. The molecule has 3 rings (SSSR count). The van der Waals surface area contributed by atoms with Gasteiger partial charge in [-0.05, 0) is 54.0 Å². The molecule has 100 valence electrons. The van der Waals surface area contributed by atoms with Crippen LogP contribution >= 0.6 is 11.3 Å². The highest BCUT2D eigenvalue weighted by atomic mass is 32.1. The van der Waals surface area contributed by atoms with Crippen molar-refractivity contribution in [2.75, 3.05) is 19.6 Å². The second-order valence-corrected chi connectivity index (χ2v) is 6.57. The monoisotopic (exact) mass is 264 g/mol. The van der Waals surface area contributed by atoms with Crippen LogP contribution < -0.4 is 5.32 Å². The predicted molar refractivity (Wildman–Crippen MR) is 78.2 cm³/mol. The summed E-state index contributed by atoms with van der Waals surface area (Å²) >= 11 is 1.82. The van der Waals surface area contributed by atoms with Crippen LogP contribution in [0.3, 0.4) is 0 Å². The Morgan fingerprint density at radius 3 is 3.00 bits per heavy atom. The van der Waals surface area contributed by atoms with E-state index in [4.69, 9.17) is 0 Å². The molecule has 0 radical (unpaired) electrons. The molecule has 2 unspecified atom stereocenters. The zero-order valence-electron chi connectivity index (χ0n) is 11.3. The van der Waals surface area contributed by atoms with Crippen LogP contribution in [-0.2, 0) is 6.42 Å². The maximum atomic E-state index is 3.72. The van der Waals surface area contributed by atoms with E-state index in [1.807, 2.05) is 11.3 Å². The minimum Gasteiger partial charge on any atom is -0.311 e. The van der Waals surface area contributed by atoms with Gasteiger partial charge in [0.25, 0.3) is 0 Å². The average molecular weight is 264 g/mol. The van der Waals surface area contributed by atoms with Crippen LogP contribution in [0.4, 0.5) is 0 Å². The van der Waals surface area contributed by atoms with Crippen LogP contribution in [0.5, 0.6) is 0 Å². The minimum absolute atomic E-state index is 0.711. The average Bonchev–Trinajstić information content (AvgIpc) is 3.12. The number of piperazine rings is 1. The van der Waals surface area contributed by atoms with Gasteiger partial charge in [-0.1, -0.05) is 6.92 Å². The molecule has 2 atom stereocenters. The molecule has 1 N–H and O–H groups in total. The van der Waals surface area contributed by atoms with Gasteiger partial charge in [0.05, 0.1) is 0 Å². The Balaban J connectivity index is 1.58. The molecule has 0 spiro atoms. The zero-order valence-corrected chi connectivity index (χ0v) is 12.1. The van der Waals surface area contributed by atoms with E-state index in [2.05, 4.69) is 34.0 Å². The first-order valence-corrected chi connectivity index (χ1v) is 8.29. The summed E-state index contributed by atoms with van der Waals surface area (Å²) in [5, 5.41) is 8.22. The Hall–Kier alpha value is -0.380. The number of nitrogens with zero attached hydrogens (tertiary/aromatic N) is 1. The molecule has 0 amide bonds. The second-order valence-electron chi connectivity index (χ2n) is 5.79. The van der Waals surface area contributed by atoms with Gasteiger partial charge in [-0.25, -0.2) is 0 Å². The van der Waals surface area contributed by atoms with E-state index < -0.39 is 0 Å². The SMILES string of the molecule is CCC1CN(CCc2ccsc2)C(C2CC2)CN1. The van der Waals surface area contributed by atoms with Crippen molar-refractivity contribution in [1.29, 1.82) is 0 Å². The van der Waals surface area contributed by atoms with Crippen molar-refractivity contribution in [3.05, 3.63) is 22.4 Å².